The van der Waals surface area contributed by atoms with Crippen LogP contribution in [0.25, 0.3) is 84.5 Å². The maximum atomic E-state index is 14.1. The van der Waals surface area contributed by atoms with Gasteiger partial charge in [-0.05, 0) is 127 Å². The third-order valence-corrected chi connectivity index (χ3v) is 17.6. The number of alkyl halides is 3. The van der Waals surface area contributed by atoms with Crippen LogP contribution >= 0.6 is 22.7 Å². The summed E-state index contributed by atoms with van der Waals surface area (Å²) < 4.78 is 76.6. The average Bonchev–Trinajstić information content (AvgIpc) is 4.11. The number of hydrogen-bond acceptors (Lipinski definition) is 6. The van der Waals surface area contributed by atoms with Gasteiger partial charge in [-0.2, -0.15) is 21.6 Å². The largest absolute Gasteiger partial charge is 0.534 e. The van der Waals surface area contributed by atoms with Crippen LogP contribution in [0.2, 0.25) is 0 Å². The van der Waals surface area contributed by atoms with Crippen molar-refractivity contribution in [3.05, 3.63) is 229 Å². The van der Waals surface area contributed by atoms with E-state index in [1.165, 1.54) is 67.6 Å². The minimum atomic E-state index is -6.03. The number of hydrogen-bond donors (Lipinski definition) is 0. The zero-order chi connectivity index (χ0) is 47.1. The topological polar surface area (TPSA) is 46.6 Å². The Morgan fingerprint density at radius 1 is 0.443 bits per heavy atom. The first kappa shape index (κ1) is 41.2. The van der Waals surface area contributed by atoms with Crippen molar-refractivity contribution in [2.75, 3.05) is 4.90 Å². The van der Waals surface area contributed by atoms with Gasteiger partial charge >= 0.3 is 15.6 Å². The first-order valence-corrected chi connectivity index (χ1v) is 25.8. The van der Waals surface area contributed by atoms with Gasteiger partial charge in [-0.1, -0.05) is 140 Å². The number of halogens is 3. The van der Waals surface area contributed by atoms with Crippen molar-refractivity contribution in [2.45, 2.75) is 10.9 Å². The fraction of sp³-hybridized carbons (Fsp3) is 0.0333. The number of thiophene rings is 2. The minimum Gasteiger partial charge on any atom is -0.376 e. The van der Waals surface area contributed by atoms with Crippen LogP contribution in [-0.2, 0) is 15.5 Å². The Hall–Kier alpha value is -7.76. The van der Waals surface area contributed by atoms with Crippen LogP contribution in [0, 0.1) is 0 Å². The zero-order valence-electron chi connectivity index (χ0n) is 36.7. The molecule has 336 valence electrons. The van der Waals surface area contributed by atoms with Crippen molar-refractivity contribution in [1.29, 1.82) is 0 Å². The van der Waals surface area contributed by atoms with E-state index < -0.39 is 26.8 Å². The Morgan fingerprint density at radius 2 is 1.03 bits per heavy atom. The molecule has 2 aromatic heterocycles. The van der Waals surface area contributed by atoms with Crippen molar-refractivity contribution in [2.24, 2.45) is 0 Å². The highest BCUT2D eigenvalue weighted by Gasteiger charge is 2.52. The normalized spacial score (nSPS) is 15.0. The lowest BCUT2D eigenvalue weighted by Gasteiger charge is -2.30. The fourth-order valence-corrected chi connectivity index (χ4v) is 14.1. The number of anilines is 3. The van der Waals surface area contributed by atoms with E-state index in [1.807, 2.05) is 65.6 Å². The summed E-state index contributed by atoms with van der Waals surface area (Å²) in [6.07, 6.45) is 0. The maximum absolute atomic E-state index is 14.1. The van der Waals surface area contributed by atoms with E-state index in [4.69, 9.17) is 4.18 Å². The van der Waals surface area contributed by atoms with Gasteiger partial charge in [-0.3, -0.25) is 0 Å². The molecule has 14 rings (SSSR count). The first-order chi connectivity index (χ1) is 34.1. The Bertz CT molecular complexity index is 4310. The van der Waals surface area contributed by atoms with E-state index >= 15 is 0 Å². The van der Waals surface area contributed by atoms with Crippen molar-refractivity contribution >= 4 is 101 Å². The lowest BCUT2D eigenvalue weighted by atomic mass is 9.70. The summed E-state index contributed by atoms with van der Waals surface area (Å²) in [6, 6.07) is 70.1. The average molecular weight is 970 g/mol. The highest BCUT2D eigenvalue weighted by atomic mass is 32.2. The summed E-state index contributed by atoms with van der Waals surface area (Å²) in [7, 11) is -6.03. The molecular weight excluding hydrogens is 936 g/mol. The SMILES string of the molecule is O=S(=O)(Oc1cc(N(c2ccccc2)c2cccc3c2sc2ccccc23)c2sc3ccc(-c4ccc5c(c4)-c4ccccc4C54c5ccccc5-c5cc6ccccc6cc54)cc3c2c1)C(F)(F)F. The lowest BCUT2D eigenvalue weighted by Crippen LogP contribution is -2.28. The summed E-state index contributed by atoms with van der Waals surface area (Å²) in [4.78, 5) is 2.00. The minimum absolute atomic E-state index is 0.446. The Labute approximate surface area is 407 Å². The molecule has 10 aromatic carbocycles. The van der Waals surface area contributed by atoms with Gasteiger partial charge in [0.15, 0.2) is 0 Å². The van der Waals surface area contributed by atoms with E-state index in [0.717, 1.165) is 68.6 Å². The predicted molar refractivity (Wildman–Crippen MR) is 282 cm³/mol. The molecule has 0 bridgehead atoms. The highest BCUT2D eigenvalue weighted by molar-refractivity contribution is 7.88. The lowest BCUT2D eigenvalue weighted by molar-refractivity contribution is -0.0500. The summed E-state index contributed by atoms with van der Waals surface area (Å²) in [5.41, 5.74) is 7.36. The predicted octanol–water partition coefficient (Wildman–Crippen LogP) is 17.3. The second-order valence-corrected chi connectivity index (χ2v) is 21.5. The Morgan fingerprint density at radius 3 is 1.79 bits per heavy atom. The molecule has 0 fully saturated rings. The number of fused-ring (bicyclic) bond motifs is 17. The van der Waals surface area contributed by atoms with Crippen LogP contribution in [-0.4, -0.2) is 13.9 Å². The van der Waals surface area contributed by atoms with E-state index in [2.05, 4.69) is 133 Å². The molecule has 10 heteroatoms. The molecular formula is C60H34F3NO3S3. The van der Waals surface area contributed by atoms with Crippen LogP contribution in [0.3, 0.4) is 0 Å². The molecule has 0 amide bonds. The Kier molecular flexibility index (Phi) is 8.76. The van der Waals surface area contributed by atoms with Gasteiger partial charge in [0.2, 0.25) is 0 Å². The molecule has 12 aromatic rings. The van der Waals surface area contributed by atoms with Gasteiger partial charge in [0.1, 0.15) is 5.75 Å². The van der Waals surface area contributed by atoms with Gasteiger partial charge in [0.25, 0.3) is 0 Å². The molecule has 1 unspecified atom stereocenters. The van der Waals surface area contributed by atoms with Crippen molar-refractivity contribution < 1.29 is 25.8 Å². The maximum Gasteiger partial charge on any atom is 0.534 e. The molecule has 2 aliphatic carbocycles. The molecule has 70 heavy (non-hydrogen) atoms. The van der Waals surface area contributed by atoms with Crippen LogP contribution < -0.4 is 9.08 Å². The molecule has 4 nitrogen and oxygen atoms in total. The Balaban J connectivity index is 0.981. The summed E-state index contributed by atoms with van der Waals surface area (Å²) in [5.74, 6) is -0.446. The third-order valence-electron chi connectivity index (χ3n) is 14.2. The molecule has 1 spiro atoms. The van der Waals surface area contributed by atoms with Gasteiger partial charge in [0.05, 0.1) is 26.2 Å². The number of nitrogens with zero attached hydrogens (tertiary/aromatic N) is 1. The summed E-state index contributed by atoms with van der Waals surface area (Å²) >= 11 is 3.12. The van der Waals surface area contributed by atoms with E-state index in [9.17, 15) is 21.6 Å². The summed E-state index contributed by atoms with van der Waals surface area (Å²) in [5, 5.41) is 5.81. The quantitative estimate of drug-likeness (QED) is 0.123. The van der Waals surface area contributed by atoms with Crippen LogP contribution in [0.15, 0.2) is 206 Å². The molecule has 2 aliphatic rings. The smallest absolute Gasteiger partial charge is 0.376 e. The fourth-order valence-electron chi connectivity index (χ4n) is 11.3. The molecule has 0 saturated carbocycles. The number of para-hydroxylation sites is 1. The highest BCUT2D eigenvalue weighted by Crippen LogP contribution is 2.63. The third kappa shape index (κ3) is 5.84. The molecule has 0 N–H and O–H groups in total. The van der Waals surface area contributed by atoms with E-state index in [1.54, 1.807) is 11.3 Å². The van der Waals surface area contributed by atoms with Crippen molar-refractivity contribution in [3.8, 4) is 39.1 Å². The van der Waals surface area contributed by atoms with Crippen molar-refractivity contribution in [1.82, 2.24) is 0 Å². The van der Waals surface area contributed by atoms with Gasteiger partial charge < -0.3 is 9.08 Å². The van der Waals surface area contributed by atoms with E-state index in [-0.39, 0.29) is 0 Å². The number of rotatable bonds is 6. The molecule has 0 aliphatic heterocycles. The molecule has 1 atom stereocenters. The monoisotopic (exact) mass is 969 g/mol. The second kappa shape index (κ2) is 14.9. The first-order valence-electron chi connectivity index (χ1n) is 22.7. The van der Waals surface area contributed by atoms with Crippen LogP contribution in [0.4, 0.5) is 30.2 Å². The number of benzene rings is 10. The van der Waals surface area contributed by atoms with Crippen LogP contribution in [0.5, 0.6) is 5.75 Å². The van der Waals surface area contributed by atoms with Gasteiger partial charge in [-0.25, -0.2) is 0 Å². The molecule has 0 saturated heterocycles. The van der Waals surface area contributed by atoms with Crippen molar-refractivity contribution in [3.63, 3.8) is 0 Å². The zero-order valence-corrected chi connectivity index (χ0v) is 39.1. The summed E-state index contributed by atoms with van der Waals surface area (Å²) in [6.45, 7) is 0. The molecule has 0 radical (unpaired) electrons. The van der Waals surface area contributed by atoms with E-state index in [0.29, 0.717) is 11.1 Å². The van der Waals surface area contributed by atoms with Crippen LogP contribution in [0.1, 0.15) is 22.3 Å². The van der Waals surface area contributed by atoms with Gasteiger partial charge in [-0.15, -0.1) is 22.7 Å². The standard InChI is InChI=1S/C60H34F3NO3S3/c61-60(62,63)70(65,66)67-40-33-48-47-31-38(26-28-56(47)69-58(48)54(34-40)64(39-15-2-1-3-16-39)53-23-12-20-44-43-19-8-11-24-55(43)68-57(44)53)37-25-27-51-45(30-37)41-17-6-9-21-49(41)59(51)50-22-10-7-18-42(50)46-29-35-13-4-5-14-36(35)32-52(46)59/h1-34H. The second-order valence-electron chi connectivity index (χ2n) is 17.9. The molecule has 2 heterocycles. The van der Waals surface area contributed by atoms with Gasteiger partial charge in [0, 0.05) is 42.7 Å².